The van der Waals surface area contributed by atoms with Gasteiger partial charge in [-0.05, 0) is 75.7 Å². The van der Waals surface area contributed by atoms with Crippen molar-refractivity contribution >= 4 is 22.8 Å². The van der Waals surface area contributed by atoms with Gasteiger partial charge >= 0.3 is 0 Å². The van der Waals surface area contributed by atoms with Crippen molar-refractivity contribution in [3.63, 3.8) is 0 Å². The Morgan fingerprint density at radius 1 is 1.03 bits per heavy atom. The maximum absolute atomic E-state index is 13.5. The summed E-state index contributed by atoms with van der Waals surface area (Å²) in [6, 6.07) is 0. The van der Waals surface area contributed by atoms with Gasteiger partial charge in [-0.3, -0.25) is 9.69 Å². The Morgan fingerprint density at radius 3 is 2.44 bits per heavy atom. The number of hydrogen-bond acceptors (Lipinski definition) is 6. The number of aryl methyl sites for hydroxylation is 1. The third-order valence-electron chi connectivity index (χ3n) is 8.38. The Hall–Kier alpha value is -2.06. The first-order valence-electron chi connectivity index (χ1n) is 12.5. The summed E-state index contributed by atoms with van der Waals surface area (Å²) >= 11 is 0. The van der Waals surface area contributed by atoms with Crippen LogP contribution in [0.5, 0.6) is 0 Å². The Balaban J connectivity index is 1.11. The minimum Gasteiger partial charge on any atom is -0.379 e. The molecule has 0 aromatic carbocycles. The average Bonchev–Trinajstić information content (AvgIpc) is 3.21. The number of nitrogens with zero attached hydrogens (tertiary/aromatic N) is 5. The second-order valence-electron chi connectivity index (χ2n) is 10.6. The zero-order valence-electron chi connectivity index (χ0n) is 18.8. The summed E-state index contributed by atoms with van der Waals surface area (Å²) in [5, 5.41) is 8.62. The third kappa shape index (κ3) is 3.81. The number of hydrogen-bond donors (Lipinski definition) is 1. The van der Waals surface area contributed by atoms with Crippen molar-refractivity contribution < 1.29 is 9.53 Å². The standard InChI is InChI=1S/C24H34N6O2/c31-23(24-12-17-9-18(13-24)11-19(10-17)14-24)28-21-20-15-27-30(22(20)26-16-25-21)4-2-1-3-29-5-7-32-8-6-29/h15-19H,1-14H2,(H,25,26,28,31). The Labute approximate surface area is 189 Å². The fraction of sp³-hybridized carbons (Fsp3) is 0.750. The maximum atomic E-state index is 13.5. The van der Waals surface area contributed by atoms with Crippen LogP contribution >= 0.6 is 0 Å². The van der Waals surface area contributed by atoms with E-state index in [9.17, 15) is 4.79 Å². The largest absolute Gasteiger partial charge is 0.379 e. The molecule has 0 radical (unpaired) electrons. The van der Waals surface area contributed by atoms with Crippen LogP contribution in [0.3, 0.4) is 0 Å². The van der Waals surface area contributed by atoms with Crippen LogP contribution in [0, 0.1) is 23.2 Å². The lowest BCUT2D eigenvalue weighted by Gasteiger charge is -2.55. The van der Waals surface area contributed by atoms with Crippen LogP contribution < -0.4 is 5.32 Å². The first-order valence-corrected chi connectivity index (χ1v) is 12.5. The number of aromatic nitrogens is 4. The first kappa shape index (κ1) is 20.5. The van der Waals surface area contributed by atoms with E-state index in [1.165, 1.54) is 19.3 Å². The van der Waals surface area contributed by atoms with Crippen LogP contribution in [0.4, 0.5) is 5.82 Å². The van der Waals surface area contributed by atoms with E-state index in [4.69, 9.17) is 4.74 Å². The van der Waals surface area contributed by atoms with Crippen molar-refractivity contribution in [2.75, 3.05) is 38.2 Å². The molecule has 0 atom stereocenters. The number of carbonyl (C=O) groups is 1. The first-order chi connectivity index (χ1) is 15.7. The molecular formula is C24H34N6O2. The molecule has 0 spiro atoms. The highest BCUT2D eigenvalue weighted by atomic mass is 16.5. The lowest BCUT2D eigenvalue weighted by molar-refractivity contribution is -0.140. The van der Waals surface area contributed by atoms with E-state index in [0.717, 1.165) is 100 Å². The van der Waals surface area contributed by atoms with Gasteiger partial charge in [0.05, 0.1) is 30.2 Å². The van der Waals surface area contributed by atoms with E-state index in [1.54, 1.807) is 6.33 Å². The Morgan fingerprint density at radius 2 is 1.72 bits per heavy atom. The van der Waals surface area contributed by atoms with Crippen LogP contribution in [0.25, 0.3) is 11.0 Å². The smallest absolute Gasteiger partial charge is 0.231 e. The molecule has 5 fully saturated rings. The summed E-state index contributed by atoms with van der Waals surface area (Å²) in [4.78, 5) is 24.8. The molecule has 1 amide bonds. The molecule has 1 N–H and O–H groups in total. The molecule has 2 aromatic rings. The van der Waals surface area contributed by atoms with Gasteiger partial charge in [-0.15, -0.1) is 0 Å². The van der Waals surface area contributed by atoms with Crippen molar-refractivity contribution in [1.29, 1.82) is 0 Å². The zero-order chi connectivity index (χ0) is 21.5. The number of nitrogens with one attached hydrogen (secondary N) is 1. The van der Waals surface area contributed by atoms with Gasteiger partial charge in [0.2, 0.25) is 5.91 Å². The molecule has 4 aliphatic carbocycles. The number of ether oxygens (including phenoxy) is 1. The van der Waals surface area contributed by atoms with Crippen molar-refractivity contribution in [1.82, 2.24) is 24.6 Å². The summed E-state index contributed by atoms with van der Waals surface area (Å²) in [5.41, 5.74) is 0.633. The molecule has 7 rings (SSSR count). The fourth-order valence-electron chi connectivity index (χ4n) is 7.21. The van der Waals surface area contributed by atoms with E-state index < -0.39 is 0 Å². The molecule has 5 aliphatic rings. The highest BCUT2D eigenvalue weighted by Crippen LogP contribution is 2.60. The molecule has 1 saturated heterocycles. The molecule has 2 aromatic heterocycles. The third-order valence-corrected chi connectivity index (χ3v) is 8.38. The molecule has 8 nitrogen and oxygen atoms in total. The number of rotatable bonds is 7. The lowest BCUT2D eigenvalue weighted by Crippen LogP contribution is -2.51. The molecule has 1 aliphatic heterocycles. The predicted molar refractivity (Wildman–Crippen MR) is 121 cm³/mol. The molecule has 172 valence electrons. The van der Waals surface area contributed by atoms with Crippen molar-refractivity contribution in [3.8, 4) is 0 Å². The number of amides is 1. The van der Waals surface area contributed by atoms with Crippen LogP contribution in [-0.4, -0.2) is 63.4 Å². The van der Waals surface area contributed by atoms with E-state index in [2.05, 4.69) is 25.3 Å². The van der Waals surface area contributed by atoms with Crippen molar-refractivity contribution in [2.24, 2.45) is 23.2 Å². The van der Waals surface area contributed by atoms with Crippen LogP contribution in [0.15, 0.2) is 12.5 Å². The molecule has 3 heterocycles. The van der Waals surface area contributed by atoms with Gasteiger partial charge in [0.25, 0.3) is 0 Å². The van der Waals surface area contributed by atoms with E-state index in [0.29, 0.717) is 5.82 Å². The predicted octanol–water partition coefficient (Wildman–Crippen LogP) is 3.09. The van der Waals surface area contributed by atoms with E-state index in [1.807, 2.05) is 10.9 Å². The molecule has 0 unspecified atom stereocenters. The quantitative estimate of drug-likeness (QED) is 0.669. The van der Waals surface area contributed by atoms with Crippen LogP contribution in [0.1, 0.15) is 51.4 Å². The van der Waals surface area contributed by atoms with Gasteiger partial charge < -0.3 is 10.1 Å². The van der Waals surface area contributed by atoms with Gasteiger partial charge in [-0.2, -0.15) is 5.10 Å². The SMILES string of the molecule is O=C(Nc1ncnc2c1cnn2CCCCN1CCOCC1)C12CC3CC(CC(C3)C1)C2. The molecule has 32 heavy (non-hydrogen) atoms. The van der Waals surface area contributed by atoms with Gasteiger partial charge in [0, 0.05) is 19.6 Å². The minimum atomic E-state index is -0.179. The van der Waals surface area contributed by atoms with Gasteiger partial charge in [0.1, 0.15) is 12.1 Å². The Kier molecular flexibility index (Phi) is 5.38. The van der Waals surface area contributed by atoms with Gasteiger partial charge in [-0.1, -0.05) is 0 Å². The molecular weight excluding hydrogens is 404 g/mol. The van der Waals surface area contributed by atoms with Crippen LogP contribution in [0.2, 0.25) is 0 Å². The average molecular weight is 439 g/mol. The number of morpholine rings is 1. The monoisotopic (exact) mass is 438 g/mol. The van der Waals surface area contributed by atoms with Crippen molar-refractivity contribution in [2.45, 2.75) is 57.9 Å². The summed E-state index contributed by atoms with van der Waals surface area (Å²) in [6.45, 7) is 5.68. The van der Waals surface area contributed by atoms with E-state index in [-0.39, 0.29) is 11.3 Å². The topological polar surface area (TPSA) is 85.2 Å². The van der Waals surface area contributed by atoms with E-state index >= 15 is 0 Å². The zero-order valence-corrected chi connectivity index (χ0v) is 18.8. The molecule has 4 saturated carbocycles. The lowest BCUT2D eigenvalue weighted by atomic mass is 9.49. The maximum Gasteiger partial charge on any atom is 0.231 e. The summed E-state index contributed by atoms with van der Waals surface area (Å²) in [6.07, 6.45) is 12.7. The summed E-state index contributed by atoms with van der Waals surface area (Å²) in [5.74, 6) is 3.04. The summed E-state index contributed by atoms with van der Waals surface area (Å²) < 4.78 is 7.37. The number of anilines is 1. The Bertz CT molecular complexity index is 947. The van der Waals surface area contributed by atoms with Crippen LogP contribution in [-0.2, 0) is 16.1 Å². The van der Waals surface area contributed by atoms with Gasteiger partial charge in [-0.25, -0.2) is 14.6 Å². The summed E-state index contributed by atoms with van der Waals surface area (Å²) in [7, 11) is 0. The normalized spacial score (nSPS) is 31.9. The number of fused-ring (bicyclic) bond motifs is 1. The minimum absolute atomic E-state index is 0.176. The van der Waals surface area contributed by atoms with Crippen molar-refractivity contribution in [3.05, 3.63) is 12.5 Å². The highest BCUT2D eigenvalue weighted by molar-refractivity contribution is 6.01. The fourth-order valence-corrected chi connectivity index (χ4v) is 7.21. The van der Waals surface area contributed by atoms with Gasteiger partial charge in [0.15, 0.2) is 5.65 Å². The number of carbonyl (C=O) groups excluding carboxylic acids is 1. The second kappa shape index (κ2) is 8.37. The molecule has 8 heteroatoms. The number of unbranched alkanes of at least 4 members (excludes halogenated alkanes) is 1. The highest BCUT2D eigenvalue weighted by Gasteiger charge is 2.54. The second-order valence-corrected chi connectivity index (χ2v) is 10.6. The molecule has 4 bridgehead atoms.